The van der Waals surface area contributed by atoms with Gasteiger partial charge < -0.3 is 10.0 Å². The summed E-state index contributed by atoms with van der Waals surface area (Å²) in [6.45, 7) is 0.729. The SMILES string of the molecule is CN(CCCO)c1nc(Cl)nc(-n2cncn2)n1. The molecule has 2 aromatic rings. The zero-order chi connectivity index (χ0) is 13.0. The minimum Gasteiger partial charge on any atom is -0.396 e. The lowest BCUT2D eigenvalue weighted by Gasteiger charge is -2.16. The quantitative estimate of drug-likeness (QED) is 0.812. The highest BCUT2D eigenvalue weighted by atomic mass is 35.5. The van der Waals surface area contributed by atoms with Crippen LogP contribution in [0.4, 0.5) is 5.95 Å². The smallest absolute Gasteiger partial charge is 0.258 e. The van der Waals surface area contributed by atoms with Crippen LogP contribution in [-0.2, 0) is 0 Å². The molecular weight excluding hydrogens is 258 g/mol. The van der Waals surface area contributed by atoms with E-state index in [2.05, 4.69) is 25.0 Å². The van der Waals surface area contributed by atoms with Gasteiger partial charge in [0.15, 0.2) is 0 Å². The number of rotatable bonds is 5. The van der Waals surface area contributed by atoms with Crippen LogP contribution in [-0.4, -0.2) is 55.0 Å². The normalized spacial score (nSPS) is 10.6. The standard InChI is InChI=1S/C9H12ClN7O/c1-16(3-2-4-18)8-13-7(10)14-9(15-8)17-6-11-5-12-17/h5-6,18H,2-4H2,1H3. The van der Waals surface area contributed by atoms with Crippen LogP contribution >= 0.6 is 11.6 Å². The van der Waals surface area contributed by atoms with Crippen molar-refractivity contribution in [3.05, 3.63) is 17.9 Å². The Kier molecular flexibility index (Phi) is 4.00. The van der Waals surface area contributed by atoms with E-state index in [-0.39, 0.29) is 11.9 Å². The Balaban J connectivity index is 2.26. The van der Waals surface area contributed by atoms with Crippen LogP contribution < -0.4 is 4.90 Å². The highest BCUT2D eigenvalue weighted by molar-refractivity contribution is 6.28. The van der Waals surface area contributed by atoms with Crippen LogP contribution in [0.25, 0.3) is 5.95 Å². The number of halogens is 1. The number of hydrogen-bond acceptors (Lipinski definition) is 7. The monoisotopic (exact) mass is 269 g/mol. The summed E-state index contributed by atoms with van der Waals surface area (Å²) in [4.78, 5) is 17.8. The molecule has 9 heteroatoms. The predicted octanol–water partition coefficient (Wildman–Crippen LogP) is -0.0757. The minimum absolute atomic E-state index is 0.0846. The Morgan fingerprint density at radius 2 is 2.22 bits per heavy atom. The number of anilines is 1. The van der Waals surface area contributed by atoms with Gasteiger partial charge in [0.05, 0.1) is 0 Å². The molecule has 2 heterocycles. The van der Waals surface area contributed by atoms with Crippen molar-refractivity contribution in [3.63, 3.8) is 0 Å². The van der Waals surface area contributed by atoms with Gasteiger partial charge in [-0.1, -0.05) is 0 Å². The molecule has 0 fully saturated rings. The fourth-order valence-electron chi connectivity index (χ4n) is 1.32. The summed E-state index contributed by atoms with van der Waals surface area (Å²) in [5, 5.41) is 12.8. The highest BCUT2D eigenvalue weighted by Gasteiger charge is 2.10. The molecule has 0 aromatic carbocycles. The lowest BCUT2D eigenvalue weighted by atomic mass is 10.4. The van der Waals surface area contributed by atoms with Crippen LogP contribution in [0.3, 0.4) is 0 Å². The molecule has 1 N–H and O–H groups in total. The van der Waals surface area contributed by atoms with E-state index in [0.29, 0.717) is 24.9 Å². The zero-order valence-electron chi connectivity index (χ0n) is 9.73. The lowest BCUT2D eigenvalue weighted by molar-refractivity contribution is 0.290. The summed E-state index contributed by atoms with van der Waals surface area (Å²) in [5.74, 6) is 0.729. The van der Waals surface area contributed by atoms with Crippen LogP contribution in [0, 0.1) is 0 Å². The summed E-state index contributed by atoms with van der Waals surface area (Å²) in [6, 6.07) is 0. The maximum atomic E-state index is 8.79. The predicted molar refractivity (Wildman–Crippen MR) is 64.7 cm³/mol. The van der Waals surface area contributed by atoms with Gasteiger partial charge in [0, 0.05) is 20.2 Å². The summed E-state index contributed by atoms with van der Waals surface area (Å²) >= 11 is 5.85. The molecule has 0 aliphatic rings. The largest absolute Gasteiger partial charge is 0.396 e. The summed E-state index contributed by atoms with van der Waals surface area (Å²) in [5.41, 5.74) is 0. The topological polar surface area (TPSA) is 92.8 Å². The molecule has 2 rings (SSSR count). The van der Waals surface area contributed by atoms with Crippen LogP contribution in [0.15, 0.2) is 12.7 Å². The third-order valence-electron chi connectivity index (χ3n) is 2.20. The van der Waals surface area contributed by atoms with E-state index in [9.17, 15) is 0 Å². The Labute approximate surface area is 108 Å². The first-order chi connectivity index (χ1) is 8.70. The van der Waals surface area contributed by atoms with E-state index in [1.54, 1.807) is 4.90 Å². The molecular formula is C9H12ClN7O. The van der Waals surface area contributed by atoms with Crippen LogP contribution in [0.1, 0.15) is 6.42 Å². The van der Waals surface area contributed by atoms with E-state index < -0.39 is 0 Å². The summed E-state index contributed by atoms with van der Waals surface area (Å²) in [7, 11) is 1.81. The van der Waals surface area contributed by atoms with Gasteiger partial charge in [0.25, 0.3) is 5.95 Å². The maximum absolute atomic E-state index is 8.79. The Hall–Kier alpha value is -1.80. The van der Waals surface area contributed by atoms with Crippen LogP contribution in [0.5, 0.6) is 0 Å². The first-order valence-corrected chi connectivity index (χ1v) is 5.67. The maximum Gasteiger partial charge on any atom is 0.258 e. The average Bonchev–Trinajstić information content (AvgIpc) is 2.89. The molecule has 0 bridgehead atoms. The Bertz CT molecular complexity index is 504. The number of aromatic nitrogens is 6. The molecule has 0 aliphatic carbocycles. The van der Waals surface area contributed by atoms with E-state index >= 15 is 0 Å². The summed E-state index contributed by atoms with van der Waals surface area (Å²) in [6.07, 6.45) is 3.48. The van der Waals surface area contributed by atoms with E-state index in [4.69, 9.17) is 16.7 Å². The lowest BCUT2D eigenvalue weighted by Crippen LogP contribution is -2.23. The Morgan fingerprint density at radius 3 is 2.89 bits per heavy atom. The van der Waals surface area contributed by atoms with Gasteiger partial charge in [0.1, 0.15) is 12.7 Å². The van der Waals surface area contributed by atoms with Crippen molar-refractivity contribution < 1.29 is 5.11 Å². The molecule has 0 saturated heterocycles. The fourth-order valence-corrected chi connectivity index (χ4v) is 1.47. The van der Waals surface area contributed by atoms with Gasteiger partial charge in [-0.15, -0.1) is 0 Å². The van der Waals surface area contributed by atoms with E-state index in [1.165, 1.54) is 17.3 Å². The average molecular weight is 270 g/mol. The van der Waals surface area contributed by atoms with Crippen molar-refractivity contribution >= 4 is 17.5 Å². The molecule has 0 atom stereocenters. The van der Waals surface area contributed by atoms with Crippen molar-refractivity contribution in [2.24, 2.45) is 0 Å². The second-order valence-corrected chi connectivity index (χ2v) is 3.88. The van der Waals surface area contributed by atoms with Gasteiger partial charge in [-0.25, -0.2) is 4.98 Å². The number of nitrogens with zero attached hydrogens (tertiary/aromatic N) is 7. The molecule has 0 radical (unpaired) electrons. The molecule has 18 heavy (non-hydrogen) atoms. The van der Waals surface area contributed by atoms with Gasteiger partial charge in [-0.2, -0.15) is 24.7 Å². The van der Waals surface area contributed by atoms with E-state index in [0.717, 1.165) is 0 Å². The zero-order valence-corrected chi connectivity index (χ0v) is 10.5. The number of aliphatic hydroxyl groups is 1. The molecule has 8 nitrogen and oxygen atoms in total. The minimum atomic E-state index is 0.0846. The molecule has 0 aliphatic heterocycles. The van der Waals surface area contributed by atoms with Crippen molar-refractivity contribution in [3.8, 4) is 5.95 Å². The molecule has 96 valence electrons. The summed E-state index contributed by atoms with van der Waals surface area (Å²) < 4.78 is 1.40. The van der Waals surface area contributed by atoms with Crippen molar-refractivity contribution in [1.82, 2.24) is 29.7 Å². The second kappa shape index (κ2) is 5.69. The van der Waals surface area contributed by atoms with Crippen molar-refractivity contribution in [2.75, 3.05) is 25.1 Å². The first kappa shape index (κ1) is 12.7. The molecule has 2 aromatic heterocycles. The third-order valence-corrected chi connectivity index (χ3v) is 2.37. The molecule has 0 amide bonds. The molecule has 0 saturated carbocycles. The second-order valence-electron chi connectivity index (χ2n) is 3.54. The van der Waals surface area contributed by atoms with Crippen LogP contribution in [0.2, 0.25) is 5.28 Å². The number of aliphatic hydroxyl groups excluding tert-OH is 1. The Morgan fingerprint density at radius 1 is 1.39 bits per heavy atom. The van der Waals surface area contributed by atoms with Gasteiger partial charge in [0.2, 0.25) is 11.2 Å². The number of hydrogen-bond donors (Lipinski definition) is 1. The molecule has 0 unspecified atom stereocenters. The van der Waals surface area contributed by atoms with Gasteiger partial charge in [-0.3, -0.25) is 0 Å². The first-order valence-electron chi connectivity index (χ1n) is 5.29. The third kappa shape index (κ3) is 2.90. The fraction of sp³-hybridized carbons (Fsp3) is 0.444. The van der Waals surface area contributed by atoms with Gasteiger partial charge in [-0.05, 0) is 18.0 Å². The van der Waals surface area contributed by atoms with E-state index in [1.807, 2.05) is 7.05 Å². The van der Waals surface area contributed by atoms with Gasteiger partial charge >= 0.3 is 0 Å². The molecule has 0 spiro atoms. The van der Waals surface area contributed by atoms with Crippen molar-refractivity contribution in [2.45, 2.75) is 6.42 Å². The highest BCUT2D eigenvalue weighted by Crippen LogP contribution is 2.11. The van der Waals surface area contributed by atoms with Crippen molar-refractivity contribution in [1.29, 1.82) is 0 Å².